The summed E-state index contributed by atoms with van der Waals surface area (Å²) in [6.07, 6.45) is 5.15. The van der Waals surface area contributed by atoms with Gasteiger partial charge < -0.3 is 85.2 Å². The summed E-state index contributed by atoms with van der Waals surface area (Å²) in [4.78, 5) is 56.3. The van der Waals surface area contributed by atoms with Crippen molar-refractivity contribution in [3.63, 3.8) is 0 Å². The minimum Gasteiger partial charge on any atom is -0.383 e. The summed E-state index contributed by atoms with van der Waals surface area (Å²) >= 11 is 35.1. The molecular formula is C86H87N27S7. The van der Waals surface area contributed by atoms with Gasteiger partial charge in [0.15, 0.2) is 20.0 Å². The van der Waals surface area contributed by atoms with Crippen LogP contribution in [0.1, 0.15) is 57.0 Å². The molecule has 17 aromatic rings. The van der Waals surface area contributed by atoms with Gasteiger partial charge in [-0.05, 0) is 233 Å². The molecule has 2 aliphatic heterocycles. The highest BCUT2D eigenvalue weighted by Gasteiger charge is 2.15. The third-order valence-electron chi connectivity index (χ3n) is 18.9. The van der Waals surface area contributed by atoms with Gasteiger partial charge in [0.2, 0.25) is 19.1 Å². The van der Waals surface area contributed by atoms with E-state index in [1.807, 2.05) is 205 Å². The number of rotatable bonds is 3. The van der Waals surface area contributed by atoms with Gasteiger partial charge in [-0.1, -0.05) is 140 Å². The van der Waals surface area contributed by atoms with E-state index in [2.05, 4.69) is 125 Å². The molecule has 0 saturated heterocycles. The molecule has 0 fully saturated rings. The Morgan fingerprint density at radius 3 is 1.54 bits per heavy atom. The summed E-state index contributed by atoms with van der Waals surface area (Å²) in [6.45, 7) is 13.4. The predicted octanol–water partition coefficient (Wildman–Crippen LogP) is 17.1. The fraction of sp³-hybridized carbons (Fsp3) is 0.140. The molecule has 8 aromatic heterocycles. The zero-order valence-corrected chi connectivity index (χ0v) is 72.0. The second-order valence-electron chi connectivity index (χ2n) is 27.1. The average Bonchev–Trinajstić information content (AvgIpc) is 0.774. The van der Waals surface area contributed by atoms with Gasteiger partial charge in [0.05, 0.1) is 39.6 Å². The smallest absolute Gasteiger partial charge is 0.202 e. The maximum absolute atomic E-state index is 5.93. The van der Waals surface area contributed by atoms with E-state index in [9.17, 15) is 0 Å². The second-order valence-corrected chi connectivity index (χ2v) is 29.7. The molecule has 0 spiro atoms. The van der Waals surface area contributed by atoms with E-state index in [1.165, 1.54) is 27.8 Å². The van der Waals surface area contributed by atoms with Crippen LogP contribution in [0.15, 0.2) is 223 Å². The van der Waals surface area contributed by atoms with Crippen molar-refractivity contribution in [3.05, 3.63) is 296 Å². The number of aromatic nitrogens is 16. The molecule has 0 bridgehead atoms. The van der Waals surface area contributed by atoms with Crippen molar-refractivity contribution in [1.29, 1.82) is 0 Å². The summed E-state index contributed by atoms with van der Waals surface area (Å²) in [5.41, 5.74) is 69.4. The third kappa shape index (κ3) is 21.8. The maximum Gasteiger partial charge on any atom is 0.202 e. The van der Waals surface area contributed by atoms with E-state index in [4.69, 9.17) is 137 Å². The van der Waals surface area contributed by atoms with Crippen LogP contribution in [0.5, 0.6) is 0 Å². The highest BCUT2D eigenvalue weighted by molar-refractivity contribution is 7.72. The number of nitrogens with two attached hydrogens (primary N) is 9. The van der Waals surface area contributed by atoms with Crippen LogP contribution in [0.4, 0.5) is 40.7 Å². The van der Waals surface area contributed by atoms with Gasteiger partial charge in [0, 0.05) is 82.5 Å². The topological polar surface area (TPSA) is 453 Å². The largest absolute Gasteiger partial charge is 0.383 e. The van der Waals surface area contributed by atoms with Crippen LogP contribution in [0.25, 0.3) is 76.6 Å². The molecule has 120 heavy (non-hydrogen) atoms. The fourth-order valence-electron chi connectivity index (χ4n) is 13.1. The van der Waals surface area contributed by atoms with Gasteiger partial charge >= 0.3 is 0 Å². The molecule has 22 N–H and O–H groups in total. The number of nitrogen functional groups attached to an aromatic ring is 7. The number of fused-ring (bicyclic) bond motifs is 9. The lowest BCUT2D eigenvalue weighted by Crippen LogP contribution is -2.22. The summed E-state index contributed by atoms with van der Waals surface area (Å²) in [6, 6.07) is 65.9. The van der Waals surface area contributed by atoms with Gasteiger partial charge in [-0.15, -0.1) is 0 Å². The molecule has 10 heterocycles. The van der Waals surface area contributed by atoms with Crippen molar-refractivity contribution < 1.29 is 0 Å². The molecule has 608 valence electrons. The van der Waals surface area contributed by atoms with Gasteiger partial charge in [-0.25, -0.2) is 39.9 Å². The lowest BCUT2D eigenvalue weighted by Gasteiger charge is -2.15. The van der Waals surface area contributed by atoms with Gasteiger partial charge in [0.1, 0.15) is 57.9 Å². The molecule has 0 radical (unpaired) electrons. The van der Waals surface area contributed by atoms with Gasteiger partial charge in [0.25, 0.3) is 0 Å². The first-order valence-electron chi connectivity index (χ1n) is 37.4. The van der Waals surface area contributed by atoms with Crippen LogP contribution >= 0.6 is 85.5 Å². The Morgan fingerprint density at radius 2 is 0.858 bits per heavy atom. The molecule has 2 aliphatic rings. The van der Waals surface area contributed by atoms with Crippen molar-refractivity contribution >= 4 is 215 Å². The first kappa shape index (κ1) is 87.4. The number of benzene rings is 9. The number of aromatic amines is 4. The average molecular weight is 1720 g/mol. The number of hydrogen-bond acceptors (Lipinski definition) is 27. The Hall–Kier alpha value is -13.5. The number of nitrogens with one attached hydrogen (secondary N) is 4. The normalized spacial score (nSPS) is 11.5. The number of H-pyrrole nitrogens is 4. The number of aliphatic imine (C=N–C) groups is 2. The zero-order valence-electron chi connectivity index (χ0n) is 66.3. The number of hydrogen-bond donors (Lipinski definition) is 13. The SMILES string of the molecule is CCn1c(=S)nc(N)c2c(C)cccc21.Cc1ccc2c(N)nc(=S)[nH]c2c1.Cc1cccc2[nH]c(=S)nc(N)c12.Cc1cccc2c1C(N)=NCC2.Cn1c(=S)nc(N)c2ccccc21.NC1=NCCc2ccccc21.Nc1[nH]c(=S)nc2nccnc12.Nc1nc(=S)[nH]c2ccccc12.Nc1nc(=S)n(Cc2ccccc2)c2ccccc12. The first-order chi connectivity index (χ1) is 57.7. The molecule has 9 aromatic carbocycles. The molecule has 0 unspecified atom stereocenters. The maximum atomic E-state index is 5.93. The Bertz CT molecular complexity index is 7060. The van der Waals surface area contributed by atoms with Crippen molar-refractivity contribution in [3.8, 4) is 0 Å². The highest BCUT2D eigenvalue weighted by atomic mass is 32.1. The van der Waals surface area contributed by atoms with Crippen LogP contribution in [0.2, 0.25) is 0 Å². The molecule has 19 rings (SSSR count). The van der Waals surface area contributed by atoms with Crippen molar-refractivity contribution in [2.45, 2.75) is 60.5 Å². The van der Waals surface area contributed by atoms with Crippen molar-refractivity contribution in [2.24, 2.45) is 28.5 Å². The Labute approximate surface area is 725 Å². The first-order valence-corrected chi connectivity index (χ1v) is 40.3. The minimum absolute atomic E-state index is 0.320. The van der Waals surface area contributed by atoms with Gasteiger partial charge in [-0.2, -0.15) is 4.98 Å². The van der Waals surface area contributed by atoms with Crippen LogP contribution in [-0.2, 0) is 33.0 Å². The Kier molecular flexibility index (Phi) is 29.5. The lowest BCUT2D eigenvalue weighted by atomic mass is 9.97. The van der Waals surface area contributed by atoms with E-state index in [0.29, 0.717) is 104 Å². The second kappa shape index (κ2) is 40.6. The van der Waals surface area contributed by atoms with Crippen LogP contribution in [-0.4, -0.2) is 103 Å². The summed E-state index contributed by atoms with van der Waals surface area (Å²) in [7, 11) is 1.89. The summed E-state index contributed by atoms with van der Waals surface area (Å²) < 4.78 is 9.02. The summed E-state index contributed by atoms with van der Waals surface area (Å²) in [5.74, 6) is 4.77. The van der Waals surface area contributed by atoms with E-state index in [-0.39, 0.29) is 0 Å². The number of nitrogens with zero attached hydrogens (tertiary/aromatic N) is 14. The Morgan fingerprint density at radius 1 is 0.383 bits per heavy atom. The standard InChI is InChI=1S/C15H13N3S.C11H13N3S.C10H12N2.3C9H9N3S.C9H10N2.C8H7N3S.C6H5N5S/c16-14-12-8-4-5-9-13(12)18(15(19)17-14)10-11-6-2-1-3-7-11;1-3-14-8-6-4-5-7(2)9(8)10(12)13-11(14)15;1-7-3-2-4-8-5-6-12-10(11)9(7)8;1-5-2-3-6-7(4-5)11-9(13)12-8(6)10;1-12-7-5-3-2-4-6(7)8(10)11-9(12)13;1-5-3-2-4-6-7(5)8(10)12-9(13)11-6;10-9-8-4-2-1-3-7(8)5-6-11-9;9-7-5-3-1-2-4-6(5)10-8(12)11-7;7-4-3-5(9-2-1-8-3)11-6(12)10-4/h1-9H,10H2,(H2,16,17,19);4-6H,3H2,1-2H3,(H2,12,13,15);2-4H,5-6H2,1H3,(H2,11,12);2-4H,1H3,(H3,10,11,12,13);2-5H,1H3,(H2,10,11,13);2-4H,1H3,(H3,10,11,12,13);1-4H,5-6H2,(H2,10,11);1-4H,(H3,9,10,11,12);1-2H,(H3,7,9,10,11,12). The molecule has 0 aliphatic carbocycles. The molecule has 0 atom stereocenters. The number of amidine groups is 2. The quantitative estimate of drug-likeness (QED) is 0.0731. The monoisotopic (exact) mass is 1720 g/mol. The molecule has 27 nitrogen and oxygen atoms in total. The number of para-hydroxylation sites is 3. The van der Waals surface area contributed by atoms with Crippen molar-refractivity contribution in [2.75, 3.05) is 53.2 Å². The molecule has 0 amide bonds. The van der Waals surface area contributed by atoms with Crippen LogP contribution in [0, 0.1) is 61.1 Å². The van der Waals surface area contributed by atoms with E-state index >= 15 is 0 Å². The predicted molar refractivity (Wildman–Crippen MR) is 509 cm³/mol. The van der Waals surface area contributed by atoms with Crippen LogP contribution in [0.3, 0.4) is 0 Å². The molecule has 34 heteroatoms. The van der Waals surface area contributed by atoms with E-state index in [1.54, 1.807) is 12.4 Å². The zero-order chi connectivity index (χ0) is 85.8. The minimum atomic E-state index is 0.320. The highest BCUT2D eigenvalue weighted by Crippen LogP contribution is 2.27. The Balaban J connectivity index is 0.000000133. The van der Waals surface area contributed by atoms with Crippen LogP contribution < -0.4 is 51.6 Å². The summed E-state index contributed by atoms with van der Waals surface area (Å²) in [5, 5.41) is 5.67. The van der Waals surface area contributed by atoms with E-state index in [0.717, 1.165) is 120 Å². The molecular weight excluding hydrogens is 1640 g/mol. The van der Waals surface area contributed by atoms with Crippen molar-refractivity contribution in [1.82, 2.24) is 78.5 Å². The lowest BCUT2D eigenvalue weighted by molar-refractivity contribution is 0.755. The van der Waals surface area contributed by atoms with E-state index < -0.39 is 0 Å². The number of anilines is 7. The fourth-order valence-corrected chi connectivity index (χ4v) is 14.7. The molecule has 0 saturated carbocycles. The van der Waals surface area contributed by atoms with Gasteiger partial charge in [-0.3, -0.25) is 9.98 Å². The third-order valence-corrected chi connectivity index (χ3v) is 20.7. The number of aryl methyl sites for hydroxylation is 6.